The molecule has 106 valence electrons. The summed E-state index contributed by atoms with van der Waals surface area (Å²) in [7, 11) is 0. The van der Waals surface area contributed by atoms with Crippen LogP contribution >= 0.6 is 0 Å². The van der Waals surface area contributed by atoms with Gasteiger partial charge in [-0.1, -0.05) is 5.16 Å². The Kier molecular flexibility index (Phi) is 4.19. The topological polar surface area (TPSA) is 97.4 Å². The van der Waals surface area contributed by atoms with E-state index in [4.69, 9.17) is 8.94 Å². The summed E-state index contributed by atoms with van der Waals surface area (Å²) in [6, 6.07) is 4.88. The molecular formula is C13H15N3O4. The number of nitrogens with zero attached hydrogens (tertiary/aromatic N) is 1. The monoisotopic (exact) mass is 277 g/mol. The van der Waals surface area contributed by atoms with Crippen LogP contribution in [0, 0.1) is 6.92 Å². The summed E-state index contributed by atoms with van der Waals surface area (Å²) in [5.41, 5.74) is 0. The van der Waals surface area contributed by atoms with Gasteiger partial charge in [0.2, 0.25) is 0 Å². The number of hydrogen-bond donors (Lipinski definition) is 2. The molecule has 0 aromatic carbocycles. The van der Waals surface area contributed by atoms with E-state index >= 15 is 0 Å². The van der Waals surface area contributed by atoms with Gasteiger partial charge in [0.1, 0.15) is 11.5 Å². The number of furan rings is 1. The molecule has 2 rings (SSSR count). The van der Waals surface area contributed by atoms with E-state index in [1.807, 2.05) is 0 Å². The van der Waals surface area contributed by atoms with Crippen LogP contribution in [0.4, 0.5) is 5.82 Å². The highest BCUT2D eigenvalue weighted by atomic mass is 16.5. The Morgan fingerprint density at radius 1 is 1.40 bits per heavy atom. The molecule has 2 N–H and O–H groups in total. The largest absolute Gasteiger partial charge is 0.469 e. The Balaban J connectivity index is 1.83. The van der Waals surface area contributed by atoms with E-state index in [0.717, 1.165) is 5.76 Å². The second kappa shape index (κ2) is 6.05. The van der Waals surface area contributed by atoms with Crippen molar-refractivity contribution in [3.8, 4) is 0 Å². The first-order chi connectivity index (χ1) is 9.54. The average Bonchev–Trinajstić information content (AvgIpc) is 3.01. The summed E-state index contributed by atoms with van der Waals surface area (Å²) in [6.07, 6.45) is 2.07. The maximum Gasteiger partial charge on any atom is 0.314 e. The third-order valence-corrected chi connectivity index (χ3v) is 2.54. The van der Waals surface area contributed by atoms with Crippen molar-refractivity contribution in [1.82, 2.24) is 10.5 Å². The maximum atomic E-state index is 11.7. The van der Waals surface area contributed by atoms with Gasteiger partial charge in [-0.25, -0.2) is 0 Å². The number of hydrogen-bond acceptors (Lipinski definition) is 5. The third-order valence-electron chi connectivity index (χ3n) is 2.54. The van der Waals surface area contributed by atoms with Gasteiger partial charge in [-0.2, -0.15) is 0 Å². The zero-order valence-corrected chi connectivity index (χ0v) is 11.2. The van der Waals surface area contributed by atoms with Crippen molar-refractivity contribution >= 4 is 17.6 Å². The maximum absolute atomic E-state index is 11.7. The minimum atomic E-state index is -0.787. The van der Waals surface area contributed by atoms with Crippen molar-refractivity contribution < 1.29 is 18.5 Å². The lowest BCUT2D eigenvalue weighted by Crippen LogP contribution is -2.41. The molecule has 1 unspecified atom stereocenters. The van der Waals surface area contributed by atoms with Gasteiger partial charge in [-0.05, 0) is 26.0 Å². The van der Waals surface area contributed by atoms with Crippen LogP contribution in [0.1, 0.15) is 18.4 Å². The Hall–Kier alpha value is -2.57. The van der Waals surface area contributed by atoms with E-state index < -0.39 is 11.8 Å². The van der Waals surface area contributed by atoms with Gasteiger partial charge in [-0.15, -0.1) is 0 Å². The highest BCUT2D eigenvalue weighted by Crippen LogP contribution is 2.07. The molecule has 0 aliphatic heterocycles. The second-order valence-corrected chi connectivity index (χ2v) is 4.43. The van der Waals surface area contributed by atoms with Crippen LogP contribution in [0.5, 0.6) is 0 Å². The molecule has 0 fully saturated rings. The van der Waals surface area contributed by atoms with Crippen LogP contribution in [0.2, 0.25) is 0 Å². The number of anilines is 1. The van der Waals surface area contributed by atoms with Crippen LogP contribution in [-0.4, -0.2) is 23.0 Å². The van der Waals surface area contributed by atoms with Crippen molar-refractivity contribution in [1.29, 1.82) is 0 Å². The molecule has 7 nitrogen and oxygen atoms in total. The van der Waals surface area contributed by atoms with E-state index in [0.29, 0.717) is 12.2 Å². The van der Waals surface area contributed by atoms with Gasteiger partial charge in [0, 0.05) is 18.5 Å². The molecule has 0 aliphatic carbocycles. The second-order valence-electron chi connectivity index (χ2n) is 4.43. The molecule has 0 aliphatic rings. The number of aromatic nitrogens is 1. The van der Waals surface area contributed by atoms with Crippen molar-refractivity contribution in [2.24, 2.45) is 0 Å². The third kappa shape index (κ3) is 3.71. The van der Waals surface area contributed by atoms with Crippen LogP contribution in [0.25, 0.3) is 0 Å². The van der Waals surface area contributed by atoms with Crippen LogP contribution in [0.3, 0.4) is 0 Å². The summed E-state index contributed by atoms with van der Waals surface area (Å²) >= 11 is 0. The molecule has 0 radical (unpaired) electrons. The molecular weight excluding hydrogens is 262 g/mol. The Morgan fingerprint density at radius 3 is 2.80 bits per heavy atom. The molecule has 0 saturated heterocycles. The standard InChI is InChI=1S/C13H15N3O4/c1-8(6-10-4-3-5-19-10)14-12(17)13(18)15-11-7-9(2)20-16-11/h3-5,7-8H,6H2,1-2H3,(H,14,17)(H,15,16,18). The lowest BCUT2D eigenvalue weighted by Gasteiger charge is -2.11. The summed E-state index contributed by atoms with van der Waals surface area (Å²) in [5.74, 6) is -0.0205. The van der Waals surface area contributed by atoms with Crippen LogP contribution in [0.15, 0.2) is 33.4 Å². The number of rotatable bonds is 4. The SMILES string of the molecule is Cc1cc(NC(=O)C(=O)NC(C)Cc2ccco2)no1. The fourth-order valence-electron chi connectivity index (χ4n) is 1.67. The van der Waals surface area contributed by atoms with Gasteiger partial charge in [0.05, 0.1) is 6.26 Å². The van der Waals surface area contributed by atoms with Gasteiger partial charge in [0.15, 0.2) is 5.82 Å². The zero-order valence-electron chi connectivity index (χ0n) is 11.2. The summed E-state index contributed by atoms with van der Waals surface area (Å²) in [6.45, 7) is 3.47. The fourth-order valence-corrected chi connectivity index (χ4v) is 1.67. The number of nitrogens with one attached hydrogen (secondary N) is 2. The zero-order chi connectivity index (χ0) is 14.5. The predicted octanol–water partition coefficient (Wildman–Crippen LogP) is 1.26. The molecule has 1 atom stereocenters. The molecule has 0 bridgehead atoms. The fraction of sp³-hybridized carbons (Fsp3) is 0.308. The molecule has 0 spiro atoms. The van der Waals surface area contributed by atoms with E-state index in [-0.39, 0.29) is 11.9 Å². The minimum Gasteiger partial charge on any atom is -0.469 e. The van der Waals surface area contributed by atoms with Gasteiger partial charge in [0.25, 0.3) is 0 Å². The average molecular weight is 277 g/mol. The Morgan fingerprint density at radius 2 is 2.20 bits per heavy atom. The van der Waals surface area contributed by atoms with Crippen LogP contribution in [-0.2, 0) is 16.0 Å². The van der Waals surface area contributed by atoms with Gasteiger partial charge >= 0.3 is 11.8 Å². The van der Waals surface area contributed by atoms with E-state index in [9.17, 15) is 9.59 Å². The number of carbonyl (C=O) groups is 2. The Bertz CT molecular complexity index is 589. The summed E-state index contributed by atoms with van der Waals surface area (Å²) in [5, 5.41) is 8.50. The van der Waals surface area contributed by atoms with Gasteiger partial charge in [-0.3, -0.25) is 14.9 Å². The minimum absolute atomic E-state index is 0.210. The molecule has 20 heavy (non-hydrogen) atoms. The Labute approximate surface area is 115 Å². The first kappa shape index (κ1) is 13.9. The number of aryl methyl sites for hydroxylation is 1. The first-order valence-corrected chi connectivity index (χ1v) is 6.12. The van der Waals surface area contributed by atoms with E-state index in [2.05, 4.69) is 15.8 Å². The van der Waals surface area contributed by atoms with Crippen molar-refractivity contribution in [2.45, 2.75) is 26.3 Å². The molecule has 7 heteroatoms. The molecule has 2 heterocycles. The van der Waals surface area contributed by atoms with Crippen LogP contribution < -0.4 is 10.6 Å². The molecule has 2 amide bonds. The molecule has 2 aromatic heterocycles. The van der Waals surface area contributed by atoms with Crippen molar-refractivity contribution in [3.63, 3.8) is 0 Å². The summed E-state index contributed by atoms with van der Waals surface area (Å²) in [4.78, 5) is 23.3. The summed E-state index contributed by atoms with van der Waals surface area (Å²) < 4.78 is 9.96. The lowest BCUT2D eigenvalue weighted by molar-refractivity contribution is -0.136. The molecule has 0 saturated carbocycles. The number of amides is 2. The highest BCUT2D eigenvalue weighted by molar-refractivity contribution is 6.39. The predicted molar refractivity (Wildman–Crippen MR) is 69.9 cm³/mol. The first-order valence-electron chi connectivity index (χ1n) is 6.12. The molecule has 2 aromatic rings. The smallest absolute Gasteiger partial charge is 0.314 e. The van der Waals surface area contributed by atoms with Crippen molar-refractivity contribution in [3.05, 3.63) is 36.0 Å². The van der Waals surface area contributed by atoms with E-state index in [1.54, 1.807) is 32.2 Å². The normalized spacial score (nSPS) is 11.9. The lowest BCUT2D eigenvalue weighted by atomic mass is 10.2. The van der Waals surface area contributed by atoms with Crippen molar-refractivity contribution in [2.75, 3.05) is 5.32 Å². The number of carbonyl (C=O) groups excluding carboxylic acids is 2. The quantitative estimate of drug-likeness (QED) is 0.820. The van der Waals surface area contributed by atoms with E-state index in [1.165, 1.54) is 6.07 Å². The highest BCUT2D eigenvalue weighted by Gasteiger charge is 2.18. The van der Waals surface area contributed by atoms with Gasteiger partial charge < -0.3 is 14.3 Å².